The maximum absolute atomic E-state index is 5.67. The smallest absolute Gasteiger partial charge is 0.119 e. The molecule has 0 aliphatic carbocycles. The predicted octanol–water partition coefficient (Wildman–Crippen LogP) is 3.82. The SMILES string of the molecule is CCCCCCCCC(Cc1cccc(OC)c1)NN. The lowest BCUT2D eigenvalue weighted by molar-refractivity contribution is 0.413. The topological polar surface area (TPSA) is 47.3 Å². The van der Waals surface area contributed by atoms with Crippen LogP contribution in [0.3, 0.4) is 0 Å². The summed E-state index contributed by atoms with van der Waals surface area (Å²) in [5.41, 5.74) is 4.23. The van der Waals surface area contributed by atoms with Gasteiger partial charge in [0.2, 0.25) is 0 Å². The Morgan fingerprint density at radius 1 is 1.15 bits per heavy atom. The molecule has 0 fully saturated rings. The Kier molecular flexibility index (Phi) is 9.09. The van der Waals surface area contributed by atoms with Crippen LogP contribution >= 0.6 is 0 Å². The van der Waals surface area contributed by atoms with Gasteiger partial charge in [-0.1, -0.05) is 57.6 Å². The van der Waals surface area contributed by atoms with E-state index in [2.05, 4.69) is 24.5 Å². The van der Waals surface area contributed by atoms with Crippen molar-refractivity contribution in [3.8, 4) is 5.75 Å². The van der Waals surface area contributed by atoms with Crippen molar-refractivity contribution in [1.29, 1.82) is 0 Å². The number of nitrogens with two attached hydrogens (primary N) is 1. The molecule has 20 heavy (non-hydrogen) atoms. The minimum atomic E-state index is 0.355. The van der Waals surface area contributed by atoms with Gasteiger partial charge in [-0.2, -0.15) is 0 Å². The number of hydrogen-bond donors (Lipinski definition) is 2. The molecule has 0 spiro atoms. The highest BCUT2D eigenvalue weighted by Crippen LogP contribution is 2.16. The Morgan fingerprint density at radius 2 is 1.90 bits per heavy atom. The van der Waals surface area contributed by atoms with Crippen LogP contribution < -0.4 is 16.0 Å². The molecule has 0 aliphatic heterocycles. The Balaban J connectivity index is 2.27. The van der Waals surface area contributed by atoms with Gasteiger partial charge in [0.15, 0.2) is 0 Å². The Labute approximate surface area is 123 Å². The van der Waals surface area contributed by atoms with Crippen LogP contribution in [-0.2, 0) is 6.42 Å². The first-order chi connectivity index (χ1) is 9.80. The number of hydrogen-bond acceptors (Lipinski definition) is 3. The summed E-state index contributed by atoms with van der Waals surface area (Å²) in [4.78, 5) is 0. The van der Waals surface area contributed by atoms with E-state index < -0.39 is 0 Å². The van der Waals surface area contributed by atoms with E-state index in [9.17, 15) is 0 Å². The molecule has 114 valence electrons. The van der Waals surface area contributed by atoms with Gasteiger partial charge < -0.3 is 4.74 Å². The summed E-state index contributed by atoms with van der Waals surface area (Å²) in [5.74, 6) is 6.59. The largest absolute Gasteiger partial charge is 0.497 e. The van der Waals surface area contributed by atoms with Gasteiger partial charge >= 0.3 is 0 Å². The van der Waals surface area contributed by atoms with E-state index in [1.807, 2.05) is 12.1 Å². The average Bonchev–Trinajstić information content (AvgIpc) is 2.49. The molecule has 1 atom stereocenters. The monoisotopic (exact) mass is 278 g/mol. The fourth-order valence-corrected chi connectivity index (χ4v) is 2.50. The van der Waals surface area contributed by atoms with Crippen LogP contribution in [0.4, 0.5) is 0 Å². The van der Waals surface area contributed by atoms with Crippen molar-refractivity contribution in [1.82, 2.24) is 5.43 Å². The number of benzene rings is 1. The van der Waals surface area contributed by atoms with E-state index >= 15 is 0 Å². The summed E-state index contributed by atoms with van der Waals surface area (Å²) in [6.07, 6.45) is 10.1. The zero-order valence-corrected chi connectivity index (χ0v) is 13.0. The molecule has 0 saturated heterocycles. The molecule has 1 aromatic carbocycles. The molecule has 3 N–H and O–H groups in total. The molecule has 1 aromatic rings. The summed E-state index contributed by atoms with van der Waals surface area (Å²) in [6.45, 7) is 2.25. The lowest BCUT2D eigenvalue weighted by Gasteiger charge is -2.16. The minimum absolute atomic E-state index is 0.355. The first-order valence-electron chi connectivity index (χ1n) is 7.89. The molecular weight excluding hydrogens is 248 g/mol. The Hall–Kier alpha value is -1.06. The third kappa shape index (κ3) is 6.92. The standard InChI is InChI=1S/C17H30N2O/c1-3-4-5-6-7-8-11-16(19-18)13-15-10-9-12-17(14-15)20-2/h9-10,12,14,16,19H,3-8,11,13,18H2,1-2H3. The predicted molar refractivity (Wildman–Crippen MR) is 85.8 cm³/mol. The molecule has 0 aromatic heterocycles. The maximum Gasteiger partial charge on any atom is 0.119 e. The Morgan fingerprint density at radius 3 is 2.60 bits per heavy atom. The summed E-state index contributed by atoms with van der Waals surface area (Å²) >= 11 is 0. The molecular formula is C17H30N2O. The van der Waals surface area contributed by atoms with Crippen LogP contribution in [0, 0.1) is 0 Å². The Bertz CT molecular complexity index is 355. The van der Waals surface area contributed by atoms with E-state index in [-0.39, 0.29) is 0 Å². The summed E-state index contributed by atoms with van der Waals surface area (Å²) in [6, 6.07) is 8.59. The van der Waals surface area contributed by atoms with E-state index in [4.69, 9.17) is 10.6 Å². The van der Waals surface area contributed by atoms with Crippen LogP contribution in [0.25, 0.3) is 0 Å². The fourth-order valence-electron chi connectivity index (χ4n) is 2.50. The zero-order chi connectivity index (χ0) is 14.6. The van der Waals surface area contributed by atoms with Crippen LogP contribution in [0.15, 0.2) is 24.3 Å². The molecule has 3 nitrogen and oxygen atoms in total. The highest BCUT2D eigenvalue weighted by molar-refractivity contribution is 5.28. The van der Waals surface area contributed by atoms with Crippen LogP contribution in [0.1, 0.15) is 57.4 Å². The summed E-state index contributed by atoms with van der Waals surface area (Å²) < 4.78 is 5.25. The highest BCUT2D eigenvalue weighted by Gasteiger charge is 2.08. The molecule has 1 rings (SSSR count). The molecule has 3 heteroatoms. The van der Waals surface area contributed by atoms with Gasteiger partial charge in [0, 0.05) is 6.04 Å². The van der Waals surface area contributed by atoms with Crippen molar-refractivity contribution in [3.05, 3.63) is 29.8 Å². The van der Waals surface area contributed by atoms with Crippen LogP contribution in [-0.4, -0.2) is 13.2 Å². The third-order valence-corrected chi connectivity index (χ3v) is 3.76. The quantitative estimate of drug-likeness (QED) is 0.367. The lowest BCUT2D eigenvalue weighted by Crippen LogP contribution is -2.36. The second kappa shape index (κ2) is 10.7. The van der Waals surface area contributed by atoms with Gasteiger partial charge in [-0.15, -0.1) is 0 Å². The summed E-state index contributed by atoms with van der Waals surface area (Å²) in [7, 11) is 1.70. The highest BCUT2D eigenvalue weighted by atomic mass is 16.5. The number of methoxy groups -OCH3 is 1. The average molecular weight is 278 g/mol. The molecule has 0 amide bonds. The number of ether oxygens (including phenoxy) is 1. The normalized spacial score (nSPS) is 12.3. The van der Waals surface area contributed by atoms with Gasteiger partial charge in [-0.25, -0.2) is 0 Å². The van der Waals surface area contributed by atoms with E-state index in [1.54, 1.807) is 7.11 Å². The van der Waals surface area contributed by atoms with Crippen LogP contribution in [0.5, 0.6) is 5.75 Å². The van der Waals surface area contributed by atoms with Crippen molar-refractivity contribution < 1.29 is 4.74 Å². The van der Waals surface area contributed by atoms with Crippen molar-refractivity contribution in [3.63, 3.8) is 0 Å². The van der Waals surface area contributed by atoms with Gasteiger partial charge in [0.25, 0.3) is 0 Å². The van der Waals surface area contributed by atoms with Crippen molar-refractivity contribution in [2.24, 2.45) is 5.84 Å². The number of nitrogens with one attached hydrogen (secondary N) is 1. The van der Waals surface area contributed by atoms with Gasteiger partial charge in [-0.05, 0) is 30.5 Å². The maximum atomic E-state index is 5.67. The van der Waals surface area contributed by atoms with Crippen molar-refractivity contribution >= 4 is 0 Å². The first-order valence-corrected chi connectivity index (χ1v) is 7.89. The van der Waals surface area contributed by atoms with E-state index in [0.717, 1.165) is 18.6 Å². The van der Waals surface area contributed by atoms with Crippen molar-refractivity contribution in [2.75, 3.05) is 7.11 Å². The number of unbranched alkanes of at least 4 members (excludes halogenated alkanes) is 5. The van der Waals surface area contributed by atoms with E-state index in [0.29, 0.717) is 6.04 Å². The fraction of sp³-hybridized carbons (Fsp3) is 0.647. The molecule has 0 radical (unpaired) electrons. The second-order valence-corrected chi connectivity index (χ2v) is 5.48. The molecule has 0 bridgehead atoms. The van der Waals surface area contributed by atoms with Gasteiger partial charge in [-0.3, -0.25) is 11.3 Å². The van der Waals surface area contributed by atoms with Crippen molar-refractivity contribution in [2.45, 2.75) is 64.3 Å². The molecule has 0 aliphatic rings. The first kappa shape index (κ1) is 17.0. The minimum Gasteiger partial charge on any atom is -0.497 e. The third-order valence-electron chi connectivity index (χ3n) is 3.76. The summed E-state index contributed by atoms with van der Waals surface area (Å²) in [5, 5.41) is 0. The van der Waals surface area contributed by atoms with Crippen LogP contribution in [0.2, 0.25) is 0 Å². The number of rotatable bonds is 11. The van der Waals surface area contributed by atoms with Gasteiger partial charge in [0.1, 0.15) is 5.75 Å². The zero-order valence-electron chi connectivity index (χ0n) is 13.0. The van der Waals surface area contributed by atoms with E-state index in [1.165, 1.54) is 44.1 Å². The lowest BCUT2D eigenvalue weighted by atomic mass is 10.00. The molecule has 0 heterocycles. The molecule has 0 saturated carbocycles. The molecule has 1 unspecified atom stereocenters. The number of hydrazine groups is 1. The second-order valence-electron chi connectivity index (χ2n) is 5.48. The van der Waals surface area contributed by atoms with Gasteiger partial charge in [0.05, 0.1) is 7.11 Å².